The van der Waals surface area contributed by atoms with E-state index in [9.17, 15) is 23.3 Å². The van der Waals surface area contributed by atoms with E-state index in [0.717, 1.165) is 6.33 Å². The monoisotopic (exact) mass is 474 g/mol. The molecular weight excluding hydrogens is 456 g/mol. The summed E-state index contributed by atoms with van der Waals surface area (Å²) in [7, 11) is -3.89. The van der Waals surface area contributed by atoms with Crippen molar-refractivity contribution in [2.75, 3.05) is 31.1 Å². The van der Waals surface area contributed by atoms with Crippen molar-refractivity contribution in [1.29, 1.82) is 0 Å². The van der Waals surface area contributed by atoms with E-state index in [0.29, 0.717) is 26.2 Å². The number of aromatic nitrogens is 2. The number of primary sulfonamides is 1. The first-order valence-corrected chi connectivity index (χ1v) is 11.2. The molecule has 14 heteroatoms. The molecule has 2 N–H and O–H groups in total. The van der Waals surface area contributed by atoms with Crippen molar-refractivity contribution in [2.24, 2.45) is 5.14 Å². The molecule has 1 aliphatic rings. The number of furan rings is 1. The van der Waals surface area contributed by atoms with Crippen LogP contribution in [0.5, 0.6) is 11.6 Å². The number of rotatable bonds is 6. The molecule has 0 atom stereocenters. The molecule has 0 saturated carbocycles. The lowest BCUT2D eigenvalue weighted by Gasteiger charge is -2.34. The maximum Gasteiger partial charge on any atom is 0.373 e. The fraction of sp³-hybridized carbons (Fsp3) is 0.211. The molecule has 0 aliphatic carbocycles. The van der Waals surface area contributed by atoms with E-state index in [-0.39, 0.29) is 34.0 Å². The van der Waals surface area contributed by atoms with Crippen molar-refractivity contribution >= 4 is 27.4 Å². The summed E-state index contributed by atoms with van der Waals surface area (Å²) in [6.07, 6.45) is 2.55. The van der Waals surface area contributed by atoms with E-state index >= 15 is 0 Å². The molecule has 0 unspecified atom stereocenters. The van der Waals surface area contributed by atoms with Gasteiger partial charge in [0.05, 0.1) is 16.1 Å². The highest BCUT2D eigenvalue weighted by Gasteiger charge is 2.32. The number of carbonyl (C=O) groups excluding carboxylic acids is 1. The van der Waals surface area contributed by atoms with E-state index in [2.05, 4.69) is 9.97 Å². The van der Waals surface area contributed by atoms with Gasteiger partial charge in [0.25, 0.3) is 5.91 Å². The fourth-order valence-corrected chi connectivity index (χ4v) is 3.82. The number of hydrogen-bond acceptors (Lipinski definition) is 10. The Labute approximate surface area is 187 Å². The highest BCUT2D eigenvalue weighted by atomic mass is 32.2. The second-order valence-corrected chi connectivity index (χ2v) is 8.54. The van der Waals surface area contributed by atoms with Crippen LogP contribution >= 0.6 is 0 Å². The average Bonchev–Trinajstić information content (AvgIpc) is 3.33. The van der Waals surface area contributed by atoms with Crippen LogP contribution in [0.1, 0.15) is 10.6 Å². The number of nitrogens with two attached hydrogens (primary N) is 1. The molecule has 3 aromatic rings. The van der Waals surface area contributed by atoms with Gasteiger partial charge in [0.2, 0.25) is 15.8 Å². The predicted molar refractivity (Wildman–Crippen MR) is 113 cm³/mol. The van der Waals surface area contributed by atoms with Crippen LogP contribution in [0.15, 0.2) is 58.3 Å². The van der Waals surface area contributed by atoms with Crippen LogP contribution in [-0.2, 0) is 10.0 Å². The number of nitrogens with zero attached hydrogens (tertiary/aromatic N) is 5. The second-order valence-electron chi connectivity index (χ2n) is 6.98. The summed E-state index contributed by atoms with van der Waals surface area (Å²) in [5.74, 6) is -0.160. The number of amides is 1. The molecule has 33 heavy (non-hydrogen) atoms. The van der Waals surface area contributed by atoms with Crippen molar-refractivity contribution in [1.82, 2.24) is 14.9 Å². The maximum atomic E-state index is 12.4. The first-order valence-electron chi connectivity index (χ1n) is 9.62. The van der Waals surface area contributed by atoms with E-state index in [1.807, 2.05) is 0 Å². The third-order valence-corrected chi connectivity index (χ3v) is 5.85. The first-order chi connectivity index (χ1) is 15.7. The van der Waals surface area contributed by atoms with E-state index in [1.54, 1.807) is 21.9 Å². The Hall–Kier alpha value is -4.04. The number of benzene rings is 1. The Bertz CT molecular complexity index is 1270. The molecule has 1 aliphatic heterocycles. The number of piperazine rings is 1. The first kappa shape index (κ1) is 22.2. The predicted octanol–water partition coefficient (Wildman–Crippen LogP) is 1.38. The Balaban J connectivity index is 1.53. The van der Waals surface area contributed by atoms with Crippen LogP contribution < -0.4 is 14.8 Å². The van der Waals surface area contributed by atoms with Crippen molar-refractivity contribution < 1.29 is 27.3 Å². The molecule has 172 valence electrons. The van der Waals surface area contributed by atoms with Crippen molar-refractivity contribution in [3.63, 3.8) is 0 Å². The number of sulfonamides is 1. The summed E-state index contributed by atoms with van der Waals surface area (Å²) < 4.78 is 33.5. The Morgan fingerprint density at radius 3 is 2.39 bits per heavy atom. The Morgan fingerprint density at radius 1 is 1.12 bits per heavy atom. The molecule has 3 heterocycles. The van der Waals surface area contributed by atoms with Crippen LogP contribution in [0.25, 0.3) is 0 Å². The Kier molecular flexibility index (Phi) is 5.93. The molecule has 4 rings (SSSR count). The lowest BCUT2D eigenvalue weighted by molar-refractivity contribution is -0.385. The fourth-order valence-electron chi connectivity index (χ4n) is 3.31. The van der Waals surface area contributed by atoms with Gasteiger partial charge in [-0.05, 0) is 36.4 Å². The number of hydrogen-bond donors (Lipinski definition) is 1. The zero-order chi connectivity index (χ0) is 23.6. The summed E-state index contributed by atoms with van der Waals surface area (Å²) in [6.45, 7) is 1.22. The van der Waals surface area contributed by atoms with Crippen LogP contribution in [0.4, 0.5) is 11.5 Å². The molecule has 2 aromatic heterocycles. The van der Waals surface area contributed by atoms with Crippen LogP contribution in [0, 0.1) is 10.1 Å². The van der Waals surface area contributed by atoms with Gasteiger partial charge in [-0.1, -0.05) is 0 Å². The van der Waals surface area contributed by atoms with Gasteiger partial charge in [0.1, 0.15) is 12.1 Å². The highest BCUT2D eigenvalue weighted by Crippen LogP contribution is 2.36. The van der Waals surface area contributed by atoms with Gasteiger partial charge in [0.15, 0.2) is 5.76 Å². The number of carbonyl (C=O) groups is 1. The molecule has 1 aromatic carbocycles. The summed E-state index contributed by atoms with van der Waals surface area (Å²) in [6, 6.07) is 8.25. The van der Waals surface area contributed by atoms with Gasteiger partial charge in [-0.15, -0.1) is 0 Å². The van der Waals surface area contributed by atoms with Gasteiger partial charge in [-0.2, -0.15) is 4.98 Å². The van der Waals surface area contributed by atoms with Crippen LogP contribution in [0.2, 0.25) is 0 Å². The van der Waals surface area contributed by atoms with E-state index < -0.39 is 20.6 Å². The third kappa shape index (κ3) is 4.75. The number of anilines is 1. The van der Waals surface area contributed by atoms with E-state index in [1.165, 1.54) is 30.5 Å². The van der Waals surface area contributed by atoms with Crippen LogP contribution in [0.3, 0.4) is 0 Å². The normalized spacial score (nSPS) is 14.2. The van der Waals surface area contributed by atoms with Crippen molar-refractivity contribution in [3.05, 3.63) is 64.9 Å². The molecule has 1 amide bonds. The minimum atomic E-state index is -3.89. The Morgan fingerprint density at radius 2 is 1.82 bits per heavy atom. The second kappa shape index (κ2) is 8.84. The minimum Gasteiger partial charge on any atom is -0.459 e. The lowest BCUT2D eigenvalue weighted by atomic mass is 10.2. The standard InChI is InChI=1S/C19H18N6O7S/c20-33(29,30)14-5-3-13(4-6-14)32-18-16(25(27)28)17(21-12-22-18)23-7-9-24(10-8-23)19(26)15-2-1-11-31-15/h1-6,11-12H,7-10H2,(H2,20,29,30). The molecule has 0 bridgehead atoms. The summed E-state index contributed by atoms with van der Waals surface area (Å²) in [4.78, 5) is 34.7. The molecule has 13 nitrogen and oxygen atoms in total. The number of ether oxygens (including phenoxy) is 1. The molecule has 1 fully saturated rings. The van der Waals surface area contributed by atoms with E-state index in [4.69, 9.17) is 14.3 Å². The van der Waals surface area contributed by atoms with Crippen LogP contribution in [-0.4, -0.2) is 60.3 Å². The maximum absolute atomic E-state index is 12.4. The minimum absolute atomic E-state index is 0.0521. The van der Waals surface area contributed by atoms with Gasteiger partial charge >= 0.3 is 11.6 Å². The summed E-state index contributed by atoms with van der Waals surface area (Å²) in [5, 5.41) is 16.9. The zero-order valence-corrected chi connectivity index (χ0v) is 17.8. The SMILES string of the molecule is NS(=O)(=O)c1ccc(Oc2ncnc(N3CCN(C(=O)c4ccco4)CC3)c2[N+](=O)[O-])cc1. The smallest absolute Gasteiger partial charge is 0.373 e. The van der Waals surface area contributed by atoms with Gasteiger partial charge < -0.3 is 19.0 Å². The average molecular weight is 474 g/mol. The topological polar surface area (TPSA) is 175 Å². The summed E-state index contributed by atoms with van der Waals surface area (Å²) >= 11 is 0. The largest absolute Gasteiger partial charge is 0.459 e. The number of nitro groups is 1. The highest BCUT2D eigenvalue weighted by molar-refractivity contribution is 7.89. The summed E-state index contributed by atoms with van der Waals surface area (Å²) in [5.41, 5.74) is -0.446. The quantitative estimate of drug-likeness (QED) is 0.406. The zero-order valence-electron chi connectivity index (χ0n) is 17.0. The van der Waals surface area contributed by atoms with Crippen molar-refractivity contribution in [2.45, 2.75) is 4.90 Å². The molecular formula is C19H18N6O7S. The van der Waals surface area contributed by atoms with Crippen molar-refractivity contribution in [3.8, 4) is 11.6 Å². The molecule has 0 spiro atoms. The van der Waals surface area contributed by atoms with Gasteiger partial charge in [-0.3, -0.25) is 14.9 Å². The molecule has 1 saturated heterocycles. The molecule has 0 radical (unpaired) electrons. The lowest BCUT2D eigenvalue weighted by Crippen LogP contribution is -2.49. The van der Waals surface area contributed by atoms with Gasteiger partial charge in [-0.25, -0.2) is 18.5 Å². The third-order valence-electron chi connectivity index (χ3n) is 4.92. The van der Waals surface area contributed by atoms with Gasteiger partial charge in [0, 0.05) is 26.2 Å².